The fraction of sp³-hybridized carbons (Fsp3) is 0.571. The molecule has 2 fully saturated rings. The van der Waals surface area contributed by atoms with E-state index < -0.39 is 10.0 Å². The van der Waals surface area contributed by atoms with E-state index in [4.69, 9.17) is 4.42 Å². The smallest absolute Gasteiger partial charge is 0.248 e. The van der Waals surface area contributed by atoms with Crippen LogP contribution in [0.4, 0.5) is 0 Å². The van der Waals surface area contributed by atoms with Crippen molar-refractivity contribution in [3.63, 3.8) is 0 Å². The minimum absolute atomic E-state index is 0.00200. The number of thiophene rings is 1. The summed E-state index contributed by atoms with van der Waals surface area (Å²) < 4.78 is 32.1. The van der Waals surface area contributed by atoms with Crippen molar-refractivity contribution in [2.45, 2.75) is 36.9 Å². The molecule has 6 nitrogen and oxygen atoms in total. The molecule has 4 rings (SSSR count). The Balaban J connectivity index is 1.53. The van der Waals surface area contributed by atoms with E-state index in [1.165, 1.54) is 0 Å². The molecule has 3 heterocycles. The number of nitrogens with zero attached hydrogens (tertiary/aromatic N) is 3. The van der Waals surface area contributed by atoms with Gasteiger partial charge in [0.1, 0.15) is 0 Å². The van der Waals surface area contributed by atoms with E-state index in [-0.39, 0.29) is 11.2 Å². The monoisotopic (exact) mass is 339 g/mol. The van der Waals surface area contributed by atoms with Crippen molar-refractivity contribution in [3.8, 4) is 11.5 Å². The SMILES string of the molecule is O=S(=O)(C1CC1)N1CCC[C@@H](c2nnc(-c3ccsc3)o2)C1. The molecule has 0 spiro atoms. The number of hydrogen-bond acceptors (Lipinski definition) is 6. The number of hydrogen-bond donors (Lipinski definition) is 0. The third-order valence-corrected chi connectivity index (χ3v) is 7.30. The molecule has 0 bridgehead atoms. The largest absolute Gasteiger partial charge is 0.420 e. The Kier molecular flexibility index (Phi) is 3.54. The molecule has 0 aromatic carbocycles. The molecule has 118 valence electrons. The lowest BCUT2D eigenvalue weighted by molar-refractivity contribution is 0.286. The lowest BCUT2D eigenvalue weighted by Crippen LogP contribution is -2.40. The van der Waals surface area contributed by atoms with Crippen molar-refractivity contribution < 1.29 is 12.8 Å². The molecule has 0 amide bonds. The van der Waals surface area contributed by atoms with Crippen molar-refractivity contribution >= 4 is 21.4 Å². The number of piperidine rings is 1. The molecule has 1 saturated heterocycles. The van der Waals surface area contributed by atoms with Crippen LogP contribution in [0.25, 0.3) is 11.5 Å². The topological polar surface area (TPSA) is 76.3 Å². The van der Waals surface area contributed by atoms with E-state index in [9.17, 15) is 8.42 Å². The zero-order valence-electron chi connectivity index (χ0n) is 12.0. The van der Waals surface area contributed by atoms with Crippen molar-refractivity contribution in [3.05, 3.63) is 22.7 Å². The second kappa shape index (κ2) is 5.43. The molecular weight excluding hydrogens is 322 g/mol. The van der Waals surface area contributed by atoms with Crippen molar-refractivity contribution in [1.29, 1.82) is 0 Å². The molecule has 1 aliphatic carbocycles. The van der Waals surface area contributed by atoms with Crippen LogP contribution < -0.4 is 0 Å². The highest BCUT2D eigenvalue weighted by atomic mass is 32.2. The maximum atomic E-state index is 12.4. The normalized spacial score (nSPS) is 23.7. The molecule has 1 atom stereocenters. The molecule has 0 N–H and O–H groups in total. The van der Waals surface area contributed by atoms with Crippen LogP contribution in [-0.4, -0.2) is 41.3 Å². The Morgan fingerprint density at radius 1 is 1.27 bits per heavy atom. The number of aromatic nitrogens is 2. The Morgan fingerprint density at radius 2 is 2.14 bits per heavy atom. The predicted octanol–water partition coefficient (Wildman–Crippen LogP) is 2.47. The maximum Gasteiger partial charge on any atom is 0.248 e. The Bertz CT molecular complexity index is 750. The Morgan fingerprint density at radius 3 is 2.86 bits per heavy atom. The van der Waals surface area contributed by atoms with Gasteiger partial charge in [-0.1, -0.05) is 0 Å². The van der Waals surface area contributed by atoms with Gasteiger partial charge in [-0.2, -0.15) is 11.3 Å². The highest BCUT2D eigenvalue weighted by Crippen LogP contribution is 2.35. The first kappa shape index (κ1) is 14.3. The summed E-state index contributed by atoms with van der Waals surface area (Å²) in [5.74, 6) is 1.07. The molecule has 2 aromatic heterocycles. The highest BCUT2D eigenvalue weighted by molar-refractivity contribution is 7.90. The van der Waals surface area contributed by atoms with Crippen LogP contribution in [-0.2, 0) is 10.0 Å². The van der Waals surface area contributed by atoms with Gasteiger partial charge in [-0.15, -0.1) is 10.2 Å². The zero-order valence-corrected chi connectivity index (χ0v) is 13.6. The molecule has 0 unspecified atom stereocenters. The standard InChI is InChI=1S/C14H17N3O3S2/c18-22(19,12-3-4-12)17-6-1-2-10(8-17)13-15-16-14(20-13)11-5-7-21-9-11/h5,7,9-10,12H,1-4,6,8H2/t10-/m1/s1. The van der Waals surface area contributed by atoms with Crippen LogP contribution >= 0.6 is 11.3 Å². The average Bonchev–Trinajstić information content (AvgIpc) is 3.06. The molecule has 2 aliphatic rings. The first-order chi connectivity index (χ1) is 10.6. The molecule has 0 radical (unpaired) electrons. The second-order valence-electron chi connectivity index (χ2n) is 5.90. The molecule has 1 aliphatic heterocycles. The van der Waals surface area contributed by atoms with Gasteiger partial charge >= 0.3 is 0 Å². The van der Waals surface area contributed by atoms with Crippen LogP contribution in [0.1, 0.15) is 37.5 Å². The summed E-state index contributed by atoms with van der Waals surface area (Å²) in [4.78, 5) is 0. The minimum Gasteiger partial charge on any atom is -0.420 e. The van der Waals surface area contributed by atoms with Gasteiger partial charge in [0.2, 0.25) is 21.8 Å². The van der Waals surface area contributed by atoms with E-state index in [1.807, 2.05) is 16.8 Å². The summed E-state index contributed by atoms with van der Waals surface area (Å²) in [5.41, 5.74) is 0.919. The third kappa shape index (κ3) is 2.59. The van der Waals surface area contributed by atoms with Gasteiger partial charge in [0.05, 0.1) is 11.2 Å². The summed E-state index contributed by atoms with van der Waals surface area (Å²) in [7, 11) is -3.12. The Labute approximate surface area is 133 Å². The summed E-state index contributed by atoms with van der Waals surface area (Å²) in [5, 5.41) is 12.0. The quantitative estimate of drug-likeness (QED) is 0.855. The molecule has 22 heavy (non-hydrogen) atoms. The van der Waals surface area contributed by atoms with Crippen molar-refractivity contribution in [2.75, 3.05) is 13.1 Å². The highest BCUT2D eigenvalue weighted by Gasteiger charge is 2.42. The fourth-order valence-corrected chi connectivity index (χ4v) is 5.41. The summed E-state index contributed by atoms with van der Waals surface area (Å²) in [6.07, 6.45) is 3.33. The fourth-order valence-electron chi connectivity index (χ4n) is 2.85. The summed E-state index contributed by atoms with van der Waals surface area (Å²) >= 11 is 1.58. The van der Waals surface area contributed by atoms with Crippen LogP contribution in [0.5, 0.6) is 0 Å². The van der Waals surface area contributed by atoms with Crippen LogP contribution in [0.15, 0.2) is 21.2 Å². The molecule has 8 heteroatoms. The average molecular weight is 339 g/mol. The van der Waals surface area contributed by atoms with Gasteiger partial charge in [0.25, 0.3) is 0 Å². The van der Waals surface area contributed by atoms with Crippen LogP contribution in [0.3, 0.4) is 0 Å². The van der Waals surface area contributed by atoms with Gasteiger partial charge in [-0.05, 0) is 37.1 Å². The summed E-state index contributed by atoms with van der Waals surface area (Å²) in [6.45, 7) is 1.07. The summed E-state index contributed by atoms with van der Waals surface area (Å²) in [6, 6.07) is 1.94. The number of rotatable bonds is 4. The van der Waals surface area contributed by atoms with Gasteiger partial charge in [-0.3, -0.25) is 0 Å². The zero-order chi connectivity index (χ0) is 15.2. The predicted molar refractivity (Wildman–Crippen MR) is 83.1 cm³/mol. The van der Waals surface area contributed by atoms with Crippen LogP contribution in [0.2, 0.25) is 0 Å². The Hall–Kier alpha value is -1.25. The van der Waals surface area contributed by atoms with Gasteiger partial charge in [0.15, 0.2) is 0 Å². The minimum atomic E-state index is -3.12. The van der Waals surface area contributed by atoms with E-state index in [0.29, 0.717) is 24.9 Å². The lowest BCUT2D eigenvalue weighted by atomic mass is 10.00. The van der Waals surface area contributed by atoms with E-state index in [2.05, 4.69) is 10.2 Å². The lowest BCUT2D eigenvalue weighted by Gasteiger charge is -2.30. The first-order valence-corrected chi connectivity index (χ1v) is 9.94. The molecular formula is C14H17N3O3S2. The van der Waals surface area contributed by atoms with Crippen molar-refractivity contribution in [1.82, 2.24) is 14.5 Å². The van der Waals surface area contributed by atoms with E-state index in [0.717, 1.165) is 31.2 Å². The van der Waals surface area contributed by atoms with Gasteiger partial charge in [0, 0.05) is 24.0 Å². The van der Waals surface area contributed by atoms with Gasteiger partial charge < -0.3 is 4.42 Å². The van der Waals surface area contributed by atoms with E-state index >= 15 is 0 Å². The maximum absolute atomic E-state index is 12.4. The first-order valence-electron chi connectivity index (χ1n) is 7.49. The molecule has 2 aromatic rings. The number of sulfonamides is 1. The molecule has 1 saturated carbocycles. The van der Waals surface area contributed by atoms with Crippen LogP contribution in [0, 0.1) is 0 Å². The van der Waals surface area contributed by atoms with Gasteiger partial charge in [-0.25, -0.2) is 12.7 Å². The second-order valence-corrected chi connectivity index (χ2v) is 8.89. The third-order valence-electron chi connectivity index (χ3n) is 4.25. The van der Waals surface area contributed by atoms with Crippen molar-refractivity contribution in [2.24, 2.45) is 0 Å². The van der Waals surface area contributed by atoms with E-state index in [1.54, 1.807) is 15.6 Å².